The molecule has 1 fully saturated rings. The van der Waals surface area contributed by atoms with Crippen LogP contribution in [0.2, 0.25) is 0 Å². The fourth-order valence-electron chi connectivity index (χ4n) is 2.54. The van der Waals surface area contributed by atoms with Gasteiger partial charge in [-0.3, -0.25) is 5.10 Å². The first-order valence-corrected chi connectivity index (χ1v) is 6.51. The maximum absolute atomic E-state index is 13.8. The lowest BCUT2D eigenvalue weighted by atomic mass is 10.1. The van der Waals surface area contributed by atoms with Gasteiger partial charge in [0.1, 0.15) is 5.82 Å². The van der Waals surface area contributed by atoms with E-state index in [9.17, 15) is 4.39 Å². The van der Waals surface area contributed by atoms with Crippen LogP contribution in [0.25, 0.3) is 11.1 Å². The lowest BCUT2D eigenvalue weighted by Gasteiger charge is -2.36. The number of halogens is 1. The van der Waals surface area contributed by atoms with E-state index in [4.69, 9.17) is 0 Å². The Balaban J connectivity index is 1.97. The Morgan fingerprint density at radius 2 is 2.21 bits per heavy atom. The summed E-state index contributed by atoms with van der Waals surface area (Å²) < 4.78 is 13.8. The first-order chi connectivity index (χ1) is 9.24. The smallest absolute Gasteiger partial charge is 0.125 e. The Kier molecular flexibility index (Phi) is 3.21. The predicted octanol–water partition coefficient (Wildman–Crippen LogP) is 2.01. The molecule has 0 unspecified atom stereocenters. The van der Waals surface area contributed by atoms with Gasteiger partial charge in [0.25, 0.3) is 0 Å². The van der Waals surface area contributed by atoms with Crippen LogP contribution >= 0.6 is 0 Å². The highest BCUT2D eigenvalue weighted by Crippen LogP contribution is 2.27. The van der Waals surface area contributed by atoms with Gasteiger partial charge in [0.15, 0.2) is 0 Å². The van der Waals surface area contributed by atoms with Gasteiger partial charge >= 0.3 is 0 Å². The third-order valence-corrected chi connectivity index (χ3v) is 3.55. The molecule has 1 saturated heterocycles. The number of rotatable bonds is 2. The van der Waals surface area contributed by atoms with Crippen LogP contribution in [-0.4, -0.2) is 35.9 Å². The maximum atomic E-state index is 13.8. The van der Waals surface area contributed by atoms with E-state index in [0.717, 1.165) is 36.4 Å². The number of hydrogen-bond acceptors (Lipinski definition) is 3. The first kappa shape index (κ1) is 12.2. The average molecular weight is 260 g/mol. The van der Waals surface area contributed by atoms with Gasteiger partial charge in [-0.25, -0.2) is 4.39 Å². The van der Waals surface area contributed by atoms with Gasteiger partial charge in [-0.15, -0.1) is 0 Å². The van der Waals surface area contributed by atoms with Crippen molar-refractivity contribution in [3.63, 3.8) is 0 Å². The van der Waals surface area contributed by atoms with E-state index in [-0.39, 0.29) is 5.82 Å². The Bertz CT molecular complexity index is 553. The third-order valence-electron chi connectivity index (χ3n) is 3.55. The molecule has 0 aliphatic carbocycles. The zero-order valence-corrected chi connectivity index (χ0v) is 10.9. The highest BCUT2D eigenvalue weighted by atomic mass is 19.1. The molecule has 1 aromatic heterocycles. The molecule has 3 rings (SSSR count). The second-order valence-electron chi connectivity index (χ2n) is 4.93. The molecule has 0 amide bonds. The van der Waals surface area contributed by atoms with E-state index < -0.39 is 0 Å². The Labute approximate surface area is 111 Å². The van der Waals surface area contributed by atoms with Gasteiger partial charge in [-0.2, -0.15) is 5.10 Å². The normalized spacial score (nSPS) is 19.7. The summed E-state index contributed by atoms with van der Waals surface area (Å²) in [5, 5.41) is 10.0. The third kappa shape index (κ3) is 2.46. The van der Waals surface area contributed by atoms with Gasteiger partial charge in [0, 0.05) is 43.1 Å². The van der Waals surface area contributed by atoms with Crippen LogP contribution in [-0.2, 0) is 0 Å². The van der Waals surface area contributed by atoms with Crippen LogP contribution < -0.4 is 10.2 Å². The highest BCUT2D eigenvalue weighted by Gasteiger charge is 2.19. The molecule has 0 bridgehead atoms. The first-order valence-electron chi connectivity index (χ1n) is 6.51. The van der Waals surface area contributed by atoms with Crippen molar-refractivity contribution in [2.24, 2.45) is 0 Å². The molecule has 1 aliphatic heterocycles. The molecule has 19 heavy (non-hydrogen) atoms. The molecule has 1 atom stereocenters. The summed E-state index contributed by atoms with van der Waals surface area (Å²) in [5.41, 5.74) is 2.70. The topological polar surface area (TPSA) is 44.0 Å². The van der Waals surface area contributed by atoms with Crippen LogP contribution in [0.1, 0.15) is 6.92 Å². The SMILES string of the molecule is C[C@H]1CNCCN1c1cc(F)cc(-c2cn[nH]c2)c1. The molecule has 0 saturated carbocycles. The number of hydrogen-bond donors (Lipinski definition) is 2. The van der Waals surface area contributed by atoms with Crippen molar-refractivity contribution in [3.05, 3.63) is 36.4 Å². The standard InChI is InChI=1S/C14H17FN4/c1-10-7-16-2-3-19(10)14-5-11(4-13(15)6-14)12-8-17-18-9-12/h4-6,8-10,16H,2-3,7H2,1H3,(H,17,18)/t10-/m0/s1. The van der Waals surface area contributed by atoms with E-state index in [1.54, 1.807) is 24.5 Å². The number of piperazine rings is 1. The maximum Gasteiger partial charge on any atom is 0.125 e. The predicted molar refractivity (Wildman–Crippen MR) is 73.7 cm³/mol. The fourth-order valence-corrected chi connectivity index (χ4v) is 2.54. The molecule has 0 radical (unpaired) electrons. The Morgan fingerprint density at radius 1 is 1.32 bits per heavy atom. The molecule has 5 heteroatoms. The van der Waals surface area contributed by atoms with Crippen LogP contribution in [0.5, 0.6) is 0 Å². The summed E-state index contributed by atoms with van der Waals surface area (Å²) in [4.78, 5) is 2.24. The van der Waals surface area contributed by atoms with Gasteiger partial charge in [0.05, 0.1) is 6.20 Å². The Hall–Kier alpha value is -1.88. The number of H-pyrrole nitrogens is 1. The molecular formula is C14H17FN4. The van der Waals surface area contributed by atoms with Gasteiger partial charge in [-0.1, -0.05) is 0 Å². The minimum atomic E-state index is -0.209. The second-order valence-corrected chi connectivity index (χ2v) is 4.93. The van der Waals surface area contributed by atoms with Crippen LogP contribution in [0.4, 0.5) is 10.1 Å². The molecule has 2 N–H and O–H groups in total. The van der Waals surface area contributed by atoms with E-state index in [2.05, 4.69) is 27.3 Å². The van der Waals surface area contributed by atoms with Crippen molar-refractivity contribution in [2.75, 3.05) is 24.5 Å². The summed E-state index contributed by atoms with van der Waals surface area (Å²) in [7, 11) is 0. The minimum Gasteiger partial charge on any atom is -0.366 e. The summed E-state index contributed by atoms with van der Waals surface area (Å²) in [5.74, 6) is -0.209. The second kappa shape index (κ2) is 5.01. The van der Waals surface area contributed by atoms with Gasteiger partial charge in [-0.05, 0) is 30.7 Å². The molecule has 1 aliphatic rings. The van der Waals surface area contributed by atoms with E-state index in [1.165, 1.54) is 0 Å². The zero-order valence-electron chi connectivity index (χ0n) is 10.9. The number of nitrogens with zero attached hydrogens (tertiary/aromatic N) is 2. The molecular weight excluding hydrogens is 243 g/mol. The summed E-state index contributed by atoms with van der Waals surface area (Å²) in [6.07, 6.45) is 3.49. The van der Waals surface area contributed by atoms with Gasteiger partial charge in [0.2, 0.25) is 0 Å². The summed E-state index contributed by atoms with van der Waals surface area (Å²) >= 11 is 0. The van der Waals surface area contributed by atoms with E-state index in [1.807, 2.05) is 6.07 Å². The van der Waals surface area contributed by atoms with Gasteiger partial charge < -0.3 is 10.2 Å². The quantitative estimate of drug-likeness (QED) is 0.868. The van der Waals surface area contributed by atoms with E-state index in [0.29, 0.717) is 6.04 Å². The molecule has 2 aromatic rings. The molecule has 4 nitrogen and oxygen atoms in total. The van der Waals surface area contributed by atoms with Crippen molar-refractivity contribution in [1.29, 1.82) is 0 Å². The Morgan fingerprint density at radius 3 is 2.95 bits per heavy atom. The zero-order chi connectivity index (χ0) is 13.2. The van der Waals surface area contributed by atoms with Crippen molar-refractivity contribution in [3.8, 4) is 11.1 Å². The minimum absolute atomic E-state index is 0.209. The van der Waals surface area contributed by atoms with Crippen LogP contribution in [0.3, 0.4) is 0 Å². The number of nitrogens with one attached hydrogen (secondary N) is 2. The monoisotopic (exact) mass is 260 g/mol. The summed E-state index contributed by atoms with van der Waals surface area (Å²) in [6.45, 7) is 4.91. The van der Waals surface area contributed by atoms with Crippen molar-refractivity contribution < 1.29 is 4.39 Å². The number of benzene rings is 1. The molecule has 1 aromatic carbocycles. The number of anilines is 1. The largest absolute Gasteiger partial charge is 0.366 e. The number of aromatic nitrogens is 2. The van der Waals surface area contributed by atoms with Crippen LogP contribution in [0.15, 0.2) is 30.6 Å². The van der Waals surface area contributed by atoms with Crippen molar-refractivity contribution in [2.45, 2.75) is 13.0 Å². The lowest BCUT2D eigenvalue weighted by molar-refractivity contribution is 0.499. The lowest BCUT2D eigenvalue weighted by Crippen LogP contribution is -2.49. The van der Waals surface area contributed by atoms with Crippen molar-refractivity contribution >= 4 is 5.69 Å². The highest BCUT2D eigenvalue weighted by molar-refractivity contribution is 5.68. The van der Waals surface area contributed by atoms with E-state index >= 15 is 0 Å². The summed E-state index contributed by atoms with van der Waals surface area (Å²) in [6, 6.07) is 5.54. The molecule has 100 valence electrons. The molecule has 0 spiro atoms. The molecule has 2 heterocycles. The van der Waals surface area contributed by atoms with Crippen molar-refractivity contribution in [1.82, 2.24) is 15.5 Å². The number of aromatic amines is 1. The average Bonchev–Trinajstić information content (AvgIpc) is 2.92. The fraction of sp³-hybridized carbons (Fsp3) is 0.357. The van der Waals surface area contributed by atoms with Crippen LogP contribution in [0, 0.1) is 5.82 Å².